The van der Waals surface area contributed by atoms with Crippen molar-refractivity contribution in [3.05, 3.63) is 0 Å². The van der Waals surface area contributed by atoms with Gasteiger partial charge in [-0.15, -0.1) is 0 Å². The fourth-order valence-corrected chi connectivity index (χ4v) is 5.49. The first-order valence-corrected chi connectivity index (χ1v) is 17.3. The molecule has 0 fully saturated rings. The van der Waals surface area contributed by atoms with Gasteiger partial charge in [0, 0.05) is 0 Å². The van der Waals surface area contributed by atoms with Gasteiger partial charge in [-0.25, -0.2) is 0 Å². The molecule has 2 atom stereocenters. The van der Waals surface area contributed by atoms with Gasteiger partial charge in [0.25, 0.3) is 0 Å². The second-order valence-electron chi connectivity index (χ2n) is 12.2. The summed E-state index contributed by atoms with van der Waals surface area (Å²) in [7, 11) is 0. The highest BCUT2D eigenvalue weighted by molar-refractivity contribution is 5.71. The zero-order valence-corrected chi connectivity index (χ0v) is 26.3. The minimum Gasteiger partial charge on any atom is -0.465 e. The number of unbranched alkanes of at least 4 members (excludes halogenated alkanes) is 21. The van der Waals surface area contributed by atoms with Gasteiger partial charge in [-0.3, -0.25) is 4.79 Å². The third kappa shape index (κ3) is 26.8. The van der Waals surface area contributed by atoms with E-state index in [2.05, 4.69) is 27.7 Å². The Morgan fingerprint density at radius 1 is 0.459 bits per heavy atom. The number of esters is 1. The molecule has 0 amide bonds. The first-order valence-electron chi connectivity index (χ1n) is 17.3. The number of ether oxygens (including phenoxy) is 1. The van der Waals surface area contributed by atoms with Crippen LogP contribution in [-0.2, 0) is 9.53 Å². The molecule has 0 radical (unpaired) electrons. The Balaban J connectivity index is 3.78. The summed E-state index contributed by atoms with van der Waals surface area (Å²) in [5.41, 5.74) is 0. The maximum atomic E-state index is 12.6. The fraction of sp³-hybridized carbons (Fsp3) is 0.971. The van der Waals surface area contributed by atoms with Crippen LogP contribution in [0.1, 0.15) is 201 Å². The molecule has 0 aliphatic heterocycles. The number of rotatable bonds is 30. The normalized spacial score (nSPS) is 13.1. The van der Waals surface area contributed by atoms with E-state index in [1.807, 2.05) is 0 Å². The molecule has 0 saturated carbocycles. The summed E-state index contributed by atoms with van der Waals surface area (Å²) < 4.78 is 5.84. The van der Waals surface area contributed by atoms with Crippen LogP contribution in [0.25, 0.3) is 0 Å². The van der Waals surface area contributed by atoms with Crippen molar-refractivity contribution in [3.8, 4) is 0 Å². The van der Waals surface area contributed by atoms with Gasteiger partial charge < -0.3 is 4.74 Å². The number of carbonyl (C=O) groups is 1. The third-order valence-electron chi connectivity index (χ3n) is 8.29. The summed E-state index contributed by atoms with van der Waals surface area (Å²) in [5.74, 6) is 0.682. The van der Waals surface area contributed by atoms with Crippen molar-refractivity contribution in [2.45, 2.75) is 201 Å². The molecular weight excluding hydrogens is 452 g/mol. The van der Waals surface area contributed by atoms with Gasteiger partial charge >= 0.3 is 5.97 Å². The summed E-state index contributed by atoms with van der Waals surface area (Å²) in [6, 6.07) is 0. The van der Waals surface area contributed by atoms with Gasteiger partial charge in [-0.2, -0.15) is 0 Å². The molecule has 2 nitrogen and oxygen atoms in total. The lowest BCUT2D eigenvalue weighted by Gasteiger charge is -2.19. The molecule has 0 bridgehead atoms. The van der Waals surface area contributed by atoms with Gasteiger partial charge in [-0.05, 0) is 25.2 Å². The van der Waals surface area contributed by atoms with Gasteiger partial charge in [0.15, 0.2) is 0 Å². The molecule has 2 unspecified atom stereocenters. The SMILES string of the molecule is CCCCCCCCCCCCCCCCC(C)C(=O)OCC(CCCCC)CCCCCCCCC. The van der Waals surface area contributed by atoms with Crippen LogP contribution in [0.3, 0.4) is 0 Å². The van der Waals surface area contributed by atoms with E-state index >= 15 is 0 Å². The minimum absolute atomic E-state index is 0.0507. The first-order chi connectivity index (χ1) is 18.2. The van der Waals surface area contributed by atoms with E-state index in [9.17, 15) is 4.79 Å². The molecule has 0 saturated heterocycles. The van der Waals surface area contributed by atoms with Gasteiger partial charge in [0.2, 0.25) is 0 Å². The van der Waals surface area contributed by atoms with Crippen molar-refractivity contribution in [1.29, 1.82) is 0 Å². The lowest BCUT2D eigenvalue weighted by Crippen LogP contribution is -2.19. The molecule has 0 N–H and O–H groups in total. The highest BCUT2D eigenvalue weighted by Gasteiger charge is 2.17. The fourth-order valence-electron chi connectivity index (χ4n) is 5.49. The Morgan fingerprint density at radius 3 is 1.16 bits per heavy atom. The Morgan fingerprint density at radius 2 is 0.757 bits per heavy atom. The van der Waals surface area contributed by atoms with Crippen molar-refractivity contribution in [3.63, 3.8) is 0 Å². The van der Waals surface area contributed by atoms with Crippen LogP contribution in [0.5, 0.6) is 0 Å². The van der Waals surface area contributed by atoms with Crippen LogP contribution < -0.4 is 0 Å². The number of carbonyl (C=O) groups excluding carboxylic acids is 1. The molecule has 2 heteroatoms. The molecule has 0 heterocycles. The van der Waals surface area contributed by atoms with E-state index in [1.165, 1.54) is 167 Å². The van der Waals surface area contributed by atoms with Gasteiger partial charge in [0.05, 0.1) is 12.5 Å². The zero-order valence-electron chi connectivity index (χ0n) is 26.3. The van der Waals surface area contributed by atoms with Crippen LogP contribution in [-0.4, -0.2) is 12.6 Å². The predicted molar refractivity (Wildman–Crippen MR) is 165 cm³/mol. The van der Waals surface area contributed by atoms with Crippen LogP contribution in [0.4, 0.5) is 0 Å². The largest absolute Gasteiger partial charge is 0.465 e. The highest BCUT2D eigenvalue weighted by atomic mass is 16.5. The van der Waals surface area contributed by atoms with Crippen molar-refractivity contribution >= 4 is 5.97 Å². The van der Waals surface area contributed by atoms with Crippen molar-refractivity contribution in [2.24, 2.45) is 11.8 Å². The monoisotopic (exact) mass is 523 g/mol. The summed E-state index contributed by atoms with van der Waals surface area (Å²) in [5, 5.41) is 0. The number of hydrogen-bond donors (Lipinski definition) is 0. The van der Waals surface area contributed by atoms with E-state index in [1.54, 1.807) is 0 Å². The van der Waals surface area contributed by atoms with Crippen LogP contribution in [0.2, 0.25) is 0 Å². The molecular formula is C35H70O2. The van der Waals surface area contributed by atoms with E-state index in [0.717, 1.165) is 6.42 Å². The van der Waals surface area contributed by atoms with Crippen molar-refractivity contribution in [1.82, 2.24) is 0 Å². The molecule has 0 aromatic heterocycles. The summed E-state index contributed by atoms with van der Waals surface area (Å²) >= 11 is 0. The standard InChI is InChI=1S/C35H70O2/c1-5-8-11-13-15-16-17-18-19-20-21-23-24-27-29-33(4)35(36)37-32-34(30-26-10-7-3)31-28-25-22-14-12-9-6-2/h33-34H,5-32H2,1-4H3. The molecule has 0 aromatic rings. The van der Waals surface area contributed by atoms with E-state index in [-0.39, 0.29) is 11.9 Å². The number of hydrogen-bond acceptors (Lipinski definition) is 2. The lowest BCUT2D eigenvalue weighted by molar-refractivity contribution is -0.149. The Kier molecular flexibility index (Phi) is 29.6. The summed E-state index contributed by atoms with van der Waals surface area (Å²) in [6.07, 6.45) is 36.1. The maximum Gasteiger partial charge on any atom is 0.308 e. The van der Waals surface area contributed by atoms with Crippen LogP contribution >= 0.6 is 0 Å². The summed E-state index contributed by atoms with van der Waals surface area (Å²) in [4.78, 5) is 12.6. The van der Waals surface area contributed by atoms with E-state index in [4.69, 9.17) is 4.74 Å². The van der Waals surface area contributed by atoms with Gasteiger partial charge in [-0.1, -0.05) is 182 Å². The Labute approximate surface area is 234 Å². The molecule has 222 valence electrons. The average Bonchev–Trinajstić information content (AvgIpc) is 2.90. The maximum absolute atomic E-state index is 12.6. The quantitative estimate of drug-likeness (QED) is 0.0692. The second-order valence-corrected chi connectivity index (χ2v) is 12.2. The Hall–Kier alpha value is -0.530. The minimum atomic E-state index is 0.0507. The predicted octanol–water partition coefficient (Wildman–Crippen LogP) is 12.4. The van der Waals surface area contributed by atoms with E-state index in [0.29, 0.717) is 12.5 Å². The molecule has 0 aliphatic carbocycles. The zero-order chi connectivity index (χ0) is 27.2. The molecule has 0 rings (SSSR count). The average molecular weight is 523 g/mol. The molecule has 37 heavy (non-hydrogen) atoms. The van der Waals surface area contributed by atoms with Gasteiger partial charge in [0.1, 0.15) is 0 Å². The van der Waals surface area contributed by atoms with Crippen molar-refractivity contribution in [2.75, 3.05) is 6.61 Å². The highest BCUT2D eigenvalue weighted by Crippen LogP contribution is 2.21. The molecule has 0 aromatic carbocycles. The summed E-state index contributed by atoms with van der Waals surface area (Å²) in [6.45, 7) is 9.57. The smallest absolute Gasteiger partial charge is 0.308 e. The lowest BCUT2D eigenvalue weighted by atomic mass is 9.95. The van der Waals surface area contributed by atoms with E-state index < -0.39 is 0 Å². The second kappa shape index (κ2) is 30.0. The van der Waals surface area contributed by atoms with Crippen LogP contribution in [0, 0.1) is 11.8 Å². The first kappa shape index (κ1) is 36.5. The van der Waals surface area contributed by atoms with Crippen molar-refractivity contribution < 1.29 is 9.53 Å². The molecule has 0 aliphatic rings. The van der Waals surface area contributed by atoms with Crippen LogP contribution in [0.15, 0.2) is 0 Å². The third-order valence-corrected chi connectivity index (χ3v) is 8.29. The topological polar surface area (TPSA) is 26.3 Å². The molecule has 0 spiro atoms. The Bertz CT molecular complexity index is 447.